The number of benzene rings is 1. The van der Waals surface area contributed by atoms with Crippen LogP contribution in [0.1, 0.15) is 31.0 Å². The molecule has 2 aromatic rings. The number of hydrogen-bond acceptors (Lipinski definition) is 2. The van der Waals surface area contributed by atoms with Gasteiger partial charge in [-0.3, -0.25) is 4.79 Å². The Kier molecular flexibility index (Phi) is 3.47. The van der Waals surface area contributed by atoms with E-state index in [4.69, 9.17) is 5.73 Å². The van der Waals surface area contributed by atoms with Gasteiger partial charge in [-0.25, -0.2) is 0 Å². The average Bonchev–Trinajstić information content (AvgIpc) is 2.32. The number of anilines is 1. The highest BCUT2D eigenvalue weighted by Gasteiger charge is 2.13. The molecule has 0 saturated heterocycles. The van der Waals surface area contributed by atoms with Crippen LogP contribution in [0.15, 0.2) is 35.1 Å². The van der Waals surface area contributed by atoms with E-state index in [1.807, 2.05) is 19.9 Å². The molecule has 0 saturated carbocycles. The maximum absolute atomic E-state index is 12.2. The molecule has 19 heavy (non-hydrogen) atoms. The Morgan fingerprint density at radius 2 is 1.79 bits per heavy atom. The second-order valence-corrected chi connectivity index (χ2v) is 5.26. The summed E-state index contributed by atoms with van der Waals surface area (Å²) in [5.74, 6) is 0. The Labute approximate surface area is 113 Å². The van der Waals surface area contributed by atoms with E-state index in [1.54, 1.807) is 10.6 Å². The Bertz CT molecular complexity index is 669. The molecule has 0 aliphatic heterocycles. The standard InChI is InChI=1S/C16H20N2O/c1-10(2)18-15(8-7-14(17)16(18)19)13-6-5-11(3)9-12(13)4/h5-10H,17H2,1-4H3. The monoisotopic (exact) mass is 256 g/mol. The van der Waals surface area contributed by atoms with Crippen molar-refractivity contribution in [2.24, 2.45) is 0 Å². The van der Waals surface area contributed by atoms with E-state index in [0.29, 0.717) is 5.69 Å². The van der Waals surface area contributed by atoms with Gasteiger partial charge in [0.25, 0.3) is 5.56 Å². The minimum absolute atomic E-state index is 0.0757. The first-order chi connectivity index (χ1) is 8.91. The van der Waals surface area contributed by atoms with E-state index in [2.05, 4.69) is 32.0 Å². The van der Waals surface area contributed by atoms with Crippen molar-refractivity contribution in [3.8, 4) is 11.3 Å². The second-order valence-electron chi connectivity index (χ2n) is 5.26. The molecule has 3 heteroatoms. The Balaban J connectivity index is 2.76. The summed E-state index contributed by atoms with van der Waals surface area (Å²) in [6.07, 6.45) is 0. The fourth-order valence-electron chi connectivity index (χ4n) is 2.40. The first-order valence-corrected chi connectivity index (χ1v) is 6.50. The summed E-state index contributed by atoms with van der Waals surface area (Å²) in [7, 11) is 0. The molecule has 1 aromatic carbocycles. The number of aromatic nitrogens is 1. The molecule has 0 fully saturated rings. The van der Waals surface area contributed by atoms with Crippen LogP contribution < -0.4 is 11.3 Å². The van der Waals surface area contributed by atoms with Crippen LogP contribution >= 0.6 is 0 Å². The summed E-state index contributed by atoms with van der Waals surface area (Å²) in [5.41, 5.74) is 10.3. The van der Waals surface area contributed by atoms with Crippen LogP contribution in [0.25, 0.3) is 11.3 Å². The molecule has 1 heterocycles. The summed E-state index contributed by atoms with van der Waals surface area (Å²) >= 11 is 0. The number of nitrogens with two attached hydrogens (primary N) is 1. The van der Waals surface area contributed by atoms with Crippen LogP contribution in [0.2, 0.25) is 0 Å². The number of aryl methyl sites for hydroxylation is 2. The van der Waals surface area contributed by atoms with Crippen LogP contribution in [0.4, 0.5) is 5.69 Å². The molecule has 100 valence electrons. The molecular formula is C16H20N2O. The van der Waals surface area contributed by atoms with Crippen LogP contribution in [-0.2, 0) is 0 Å². The Hall–Kier alpha value is -2.03. The van der Waals surface area contributed by atoms with Gasteiger partial charge in [-0.15, -0.1) is 0 Å². The van der Waals surface area contributed by atoms with Crippen molar-refractivity contribution in [3.05, 3.63) is 51.8 Å². The first-order valence-electron chi connectivity index (χ1n) is 6.50. The maximum Gasteiger partial charge on any atom is 0.274 e. The third-order valence-corrected chi connectivity index (χ3v) is 3.32. The molecule has 3 nitrogen and oxygen atoms in total. The van der Waals surface area contributed by atoms with Crippen molar-refractivity contribution in [1.82, 2.24) is 4.57 Å². The van der Waals surface area contributed by atoms with Gasteiger partial charge in [-0.1, -0.05) is 23.8 Å². The van der Waals surface area contributed by atoms with Gasteiger partial charge in [-0.05, 0) is 45.4 Å². The summed E-state index contributed by atoms with van der Waals surface area (Å²) < 4.78 is 1.76. The topological polar surface area (TPSA) is 48.0 Å². The Morgan fingerprint density at radius 3 is 2.37 bits per heavy atom. The number of pyridine rings is 1. The summed E-state index contributed by atoms with van der Waals surface area (Å²) in [6, 6.07) is 9.94. The lowest BCUT2D eigenvalue weighted by atomic mass is 10.0. The molecule has 0 aliphatic rings. The lowest BCUT2D eigenvalue weighted by Crippen LogP contribution is -2.25. The largest absolute Gasteiger partial charge is 0.394 e. The van der Waals surface area contributed by atoms with Gasteiger partial charge in [-0.2, -0.15) is 0 Å². The highest BCUT2D eigenvalue weighted by Crippen LogP contribution is 2.25. The molecule has 2 rings (SSSR count). The van der Waals surface area contributed by atoms with Crippen LogP contribution in [0.5, 0.6) is 0 Å². The van der Waals surface area contributed by atoms with Crippen LogP contribution in [0.3, 0.4) is 0 Å². The molecule has 0 radical (unpaired) electrons. The molecule has 0 spiro atoms. The van der Waals surface area contributed by atoms with Crippen molar-refractivity contribution in [2.45, 2.75) is 33.7 Å². The minimum Gasteiger partial charge on any atom is -0.394 e. The second kappa shape index (κ2) is 4.92. The molecule has 0 bridgehead atoms. The normalized spacial score (nSPS) is 11.0. The third kappa shape index (κ3) is 2.41. The van der Waals surface area contributed by atoms with Crippen molar-refractivity contribution >= 4 is 5.69 Å². The highest BCUT2D eigenvalue weighted by atomic mass is 16.1. The van der Waals surface area contributed by atoms with E-state index >= 15 is 0 Å². The quantitative estimate of drug-likeness (QED) is 0.896. The molecule has 0 atom stereocenters. The van der Waals surface area contributed by atoms with Gasteiger partial charge < -0.3 is 10.3 Å². The smallest absolute Gasteiger partial charge is 0.274 e. The van der Waals surface area contributed by atoms with Crippen molar-refractivity contribution in [2.75, 3.05) is 5.73 Å². The highest BCUT2D eigenvalue weighted by molar-refractivity contribution is 5.66. The van der Waals surface area contributed by atoms with E-state index in [0.717, 1.165) is 11.3 Å². The predicted octanol–water partition coefficient (Wildman–Crippen LogP) is 3.30. The lowest BCUT2D eigenvalue weighted by Gasteiger charge is -2.18. The zero-order valence-electron chi connectivity index (χ0n) is 11.9. The molecule has 2 N–H and O–H groups in total. The maximum atomic E-state index is 12.2. The van der Waals surface area contributed by atoms with Gasteiger partial charge in [0.05, 0.1) is 11.4 Å². The van der Waals surface area contributed by atoms with E-state index < -0.39 is 0 Å². The van der Waals surface area contributed by atoms with Crippen molar-refractivity contribution in [1.29, 1.82) is 0 Å². The van der Waals surface area contributed by atoms with Crippen molar-refractivity contribution in [3.63, 3.8) is 0 Å². The minimum atomic E-state index is -0.118. The summed E-state index contributed by atoms with van der Waals surface area (Å²) in [5, 5.41) is 0. The molecule has 0 unspecified atom stereocenters. The number of nitrogens with zero attached hydrogens (tertiary/aromatic N) is 1. The molecule has 1 aromatic heterocycles. The van der Waals surface area contributed by atoms with Gasteiger partial charge in [0, 0.05) is 11.6 Å². The van der Waals surface area contributed by atoms with Crippen LogP contribution in [0, 0.1) is 13.8 Å². The van der Waals surface area contributed by atoms with E-state index in [9.17, 15) is 4.79 Å². The summed E-state index contributed by atoms with van der Waals surface area (Å²) in [6.45, 7) is 8.12. The first kappa shape index (κ1) is 13.4. The fourth-order valence-corrected chi connectivity index (χ4v) is 2.40. The predicted molar refractivity (Wildman–Crippen MR) is 80.4 cm³/mol. The van der Waals surface area contributed by atoms with Gasteiger partial charge in [0.2, 0.25) is 0 Å². The van der Waals surface area contributed by atoms with E-state index in [-0.39, 0.29) is 11.6 Å². The Morgan fingerprint density at radius 1 is 1.11 bits per heavy atom. The third-order valence-electron chi connectivity index (χ3n) is 3.32. The molecule has 0 amide bonds. The SMILES string of the molecule is Cc1ccc(-c2ccc(N)c(=O)n2C(C)C)c(C)c1. The van der Waals surface area contributed by atoms with Gasteiger partial charge in [0.15, 0.2) is 0 Å². The summed E-state index contributed by atoms with van der Waals surface area (Å²) in [4.78, 5) is 12.2. The van der Waals surface area contributed by atoms with Gasteiger partial charge >= 0.3 is 0 Å². The van der Waals surface area contributed by atoms with E-state index in [1.165, 1.54) is 11.1 Å². The number of nitrogen functional groups attached to an aromatic ring is 1. The zero-order chi connectivity index (χ0) is 14.2. The van der Waals surface area contributed by atoms with Gasteiger partial charge in [0.1, 0.15) is 0 Å². The zero-order valence-corrected chi connectivity index (χ0v) is 11.9. The number of rotatable bonds is 2. The average molecular weight is 256 g/mol. The fraction of sp³-hybridized carbons (Fsp3) is 0.312. The van der Waals surface area contributed by atoms with Crippen molar-refractivity contribution < 1.29 is 0 Å². The molecular weight excluding hydrogens is 236 g/mol. The van der Waals surface area contributed by atoms with Crippen LogP contribution in [-0.4, -0.2) is 4.57 Å². The lowest BCUT2D eigenvalue weighted by molar-refractivity contribution is 0.586. The molecule has 0 aliphatic carbocycles. The number of hydrogen-bond donors (Lipinski definition) is 1.